The highest BCUT2D eigenvalue weighted by Gasteiger charge is 2.13. The van der Waals surface area contributed by atoms with E-state index >= 15 is 0 Å². The van der Waals surface area contributed by atoms with E-state index in [4.69, 9.17) is 9.72 Å². The zero-order chi connectivity index (χ0) is 27.3. The van der Waals surface area contributed by atoms with Crippen LogP contribution in [0.25, 0.3) is 32.9 Å². The van der Waals surface area contributed by atoms with Crippen molar-refractivity contribution in [1.82, 2.24) is 10.4 Å². The van der Waals surface area contributed by atoms with Gasteiger partial charge in [0.1, 0.15) is 12.4 Å². The van der Waals surface area contributed by atoms with Gasteiger partial charge in [-0.15, -0.1) is 0 Å². The van der Waals surface area contributed by atoms with E-state index in [2.05, 4.69) is 56.8 Å². The summed E-state index contributed by atoms with van der Waals surface area (Å²) in [6, 6.07) is 39.5. The lowest BCUT2D eigenvalue weighted by atomic mass is 10.0. The van der Waals surface area contributed by atoms with Crippen molar-refractivity contribution in [2.75, 3.05) is 0 Å². The Morgan fingerprint density at radius 1 is 0.825 bits per heavy atom. The van der Waals surface area contributed by atoms with Gasteiger partial charge in [-0.05, 0) is 74.2 Å². The minimum Gasteiger partial charge on any atom is -0.488 e. The molecule has 6 rings (SSSR count). The van der Waals surface area contributed by atoms with E-state index < -0.39 is 0 Å². The molecule has 5 nitrogen and oxygen atoms in total. The Morgan fingerprint density at radius 2 is 1.60 bits per heavy atom. The summed E-state index contributed by atoms with van der Waals surface area (Å²) < 4.78 is 6.85. The Balaban J connectivity index is 1.15. The molecule has 0 aliphatic heterocycles. The second-order valence-electron chi connectivity index (χ2n) is 9.30. The topological polar surface area (TPSA) is 63.6 Å². The van der Waals surface area contributed by atoms with Crippen molar-refractivity contribution in [1.29, 1.82) is 0 Å². The lowest BCUT2D eigenvalue weighted by Gasteiger charge is -2.10. The number of rotatable bonds is 7. The number of carbonyl (C=O) groups is 1. The van der Waals surface area contributed by atoms with Crippen molar-refractivity contribution in [2.45, 2.75) is 6.61 Å². The van der Waals surface area contributed by atoms with Crippen LogP contribution >= 0.6 is 15.9 Å². The monoisotopic (exact) mass is 585 g/mol. The van der Waals surface area contributed by atoms with E-state index in [1.165, 1.54) is 10.8 Å². The summed E-state index contributed by atoms with van der Waals surface area (Å²) in [5.41, 5.74) is 7.52. The van der Waals surface area contributed by atoms with Crippen LogP contribution in [0.15, 0.2) is 131 Å². The molecule has 1 amide bonds. The van der Waals surface area contributed by atoms with Gasteiger partial charge in [0.05, 0.1) is 27.5 Å². The highest BCUT2D eigenvalue weighted by Crippen LogP contribution is 2.27. The number of benzene rings is 5. The summed E-state index contributed by atoms with van der Waals surface area (Å²) >= 11 is 3.59. The fraction of sp³-hybridized carbons (Fsp3) is 0.0294. The SMILES string of the molecule is O=C(N/N=C/c1ccc(OCc2ccc3ccccc3c2)c(Br)c1)c1cc(-c2ccccc2)nc2ccccc12. The Bertz CT molecular complexity index is 1870. The molecule has 0 unspecified atom stereocenters. The minimum atomic E-state index is -0.304. The number of ether oxygens (including phenoxy) is 1. The van der Waals surface area contributed by atoms with Gasteiger partial charge in [0.15, 0.2) is 0 Å². The molecule has 194 valence electrons. The number of halogens is 1. The Labute approximate surface area is 240 Å². The van der Waals surface area contributed by atoms with Gasteiger partial charge in [-0.2, -0.15) is 5.10 Å². The fourth-order valence-electron chi connectivity index (χ4n) is 4.55. The van der Waals surface area contributed by atoms with Crippen molar-refractivity contribution >= 4 is 49.7 Å². The predicted octanol–water partition coefficient (Wildman–Crippen LogP) is 8.16. The molecule has 0 aliphatic carbocycles. The molecule has 0 atom stereocenters. The van der Waals surface area contributed by atoms with E-state index in [0.29, 0.717) is 12.2 Å². The van der Waals surface area contributed by atoms with Crippen LogP contribution in [0.2, 0.25) is 0 Å². The first-order valence-electron chi connectivity index (χ1n) is 12.8. The van der Waals surface area contributed by atoms with E-state index in [1.807, 2.05) is 84.9 Å². The molecule has 0 saturated carbocycles. The summed E-state index contributed by atoms with van der Waals surface area (Å²) in [7, 11) is 0. The smallest absolute Gasteiger partial charge is 0.272 e. The van der Waals surface area contributed by atoms with Gasteiger partial charge in [-0.3, -0.25) is 4.79 Å². The molecule has 6 heteroatoms. The van der Waals surface area contributed by atoms with Crippen LogP contribution in [0.1, 0.15) is 21.5 Å². The molecule has 1 aromatic heterocycles. The first-order valence-corrected chi connectivity index (χ1v) is 13.6. The van der Waals surface area contributed by atoms with Gasteiger partial charge < -0.3 is 4.74 Å². The molecule has 0 fully saturated rings. The molecular formula is C34H24BrN3O2. The number of aromatic nitrogens is 1. The van der Waals surface area contributed by atoms with E-state index in [9.17, 15) is 4.79 Å². The third-order valence-electron chi connectivity index (χ3n) is 6.57. The molecule has 0 bridgehead atoms. The van der Waals surface area contributed by atoms with Crippen molar-refractivity contribution in [2.24, 2.45) is 5.10 Å². The van der Waals surface area contributed by atoms with E-state index in [-0.39, 0.29) is 5.91 Å². The predicted molar refractivity (Wildman–Crippen MR) is 165 cm³/mol. The maximum atomic E-state index is 13.2. The van der Waals surface area contributed by atoms with Crippen LogP contribution < -0.4 is 10.2 Å². The summed E-state index contributed by atoms with van der Waals surface area (Å²) in [5, 5.41) is 7.38. The van der Waals surface area contributed by atoms with Gasteiger partial charge in [-0.1, -0.05) is 84.9 Å². The Hall–Kier alpha value is -4.81. The largest absolute Gasteiger partial charge is 0.488 e. The average molecular weight is 586 g/mol. The van der Waals surface area contributed by atoms with Crippen LogP contribution in [0.5, 0.6) is 5.75 Å². The summed E-state index contributed by atoms with van der Waals surface area (Å²) in [6.07, 6.45) is 1.61. The van der Waals surface area contributed by atoms with Crippen molar-refractivity contribution < 1.29 is 9.53 Å². The van der Waals surface area contributed by atoms with Gasteiger partial charge >= 0.3 is 0 Å². The number of carbonyl (C=O) groups excluding carboxylic acids is 1. The number of nitrogens with one attached hydrogen (secondary N) is 1. The fourth-order valence-corrected chi connectivity index (χ4v) is 5.06. The summed E-state index contributed by atoms with van der Waals surface area (Å²) in [6.45, 7) is 0.456. The van der Waals surface area contributed by atoms with Crippen LogP contribution in [0.4, 0.5) is 0 Å². The van der Waals surface area contributed by atoms with Crippen LogP contribution in [-0.2, 0) is 6.61 Å². The zero-order valence-electron chi connectivity index (χ0n) is 21.4. The van der Waals surface area contributed by atoms with Gasteiger partial charge in [0, 0.05) is 10.9 Å². The molecule has 0 saturated heterocycles. The number of nitrogens with zero attached hydrogens (tertiary/aromatic N) is 2. The van der Waals surface area contributed by atoms with E-state index in [1.54, 1.807) is 12.3 Å². The van der Waals surface area contributed by atoms with Crippen LogP contribution in [0.3, 0.4) is 0 Å². The second kappa shape index (κ2) is 11.5. The number of pyridine rings is 1. The second-order valence-corrected chi connectivity index (χ2v) is 10.2. The van der Waals surface area contributed by atoms with Gasteiger partial charge in [0.25, 0.3) is 5.91 Å². The molecule has 0 aliphatic rings. The summed E-state index contributed by atoms with van der Waals surface area (Å²) in [4.78, 5) is 17.9. The standard InChI is InChI=1S/C34H24BrN3O2/c35-30-19-23(15-17-33(30)40-22-24-14-16-25-8-4-5-11-27(25)18-24)21-36-38-34(39)29-20-32(26-9-2-1-3-10-26)37-31-13-7-6-12-28(29)31/h1-21H,22H2,(H,38,39)/b36-21+. The average Bonchev–Trinajstić information content (AvgIpc) is 3.00. The maximum Gasteiger partial charge on any atom is 0.272 e. The highest BCUT2D eigenvalue weighted by molar-refractivity contribution is 9.10. The number of amides is 1. The van der Waals surface area contributed by atoms with Gasteiger partial charge in [0.2, 0.25) is 0 Å². The third-order valence-corrected chi connectivity index (χ3v) is 7.19. The number of hydrogen-bond acceptors (Lipinski definition) is 4. The first-order chi connectivity index (χ1) is 19.6. The molecule has 1 N–H and O–H groups in total. The Kier molecular flexibility index (Phi) is 7.33. The molecule has 0 spiro atoms. The zero-order valence-corrected chi connectivity index (χ0v) is 23.0. The lowest BCUT2D eigenvalue weighted by Crippen LogP contribution is -2.18. The van der Waals surface area contributed by atoms with Crippen molar-refractivity contribution in [3.63, 3.8) is 0 Å². The molecule has 5 aromatic carbocycles. The van der Waals surface area contributed by atoms with Crippen molar-refractivity contribution in [3.05, 3.63) is 142 Å². The maximum absolute atomic E-state index is 13.2. The number of para-hydroxylation sites is 1. The third kappa shape index (κ3) is 5.63. The Morgan fingerprint density at radius 3 is 2.45 bits per heavy atom. The summed E-state index contributed by atoms with van der Waals surface area (Å²) in [5.74, 6) is 0.424. The first kappa shape index (κ1) is 25.5. The molecule has 6 aromatic rings. The quantitative estimate of drug-likeness (QED) is 0.152. The van der Waals surface area contributed by atoms with E-state index in [0.717, 1.165) is 43.5 Å². The normalized spacial score (nSPS) is 11.2. The van der Waals surface area contributed by atoms with Crippen LogP contribution in [0, 0.1) is 0 Å². The molecule has 0 radical (unpaired) electrons. The van der Waals surface area contributed by atoms with Crippen LogP contribution in [-0.4, -0.2) is 17.1 Å². The lowest BCUT2D eigenvalue weighted by molar-refractivity contribution is 0.0956. The van der Waals surface area contributed by atoms with Gasteiger partial charge in [-0.25, -0.2) is 10.4 Å². The minimum absolute atomic E-state index is 0.304. The molecular weight excluding hydrogens is 562 g/mol. The highest BCUT2D eigenvalue weighted by atomic mass is 79.9. The molecule has 40 heavy (non-hydrogen) atoms. The number of hydrazone groups is 1. The molecule has 1 heterocycles. The van der Waals surface area contributed by atoms with Crippen molar-refractivity contribution in [3.8, 4) is 17.0 Å². The number of fused-ring (bicyclic) bond motifs is 2. The number of hydrogen-bond donors (Lipinski definition) is 1.